The first-order valence-electron chi connectivity index (χ1n) is 11.6. The number of benzene rings is 3. The molecule has 190 valence electrons. The maximum atomic E-state index is 13.7. The summed E-state index contributed by atoms with van der Waals surface area (Å²) in [6.45, 7) is 0.479. The fourth-order valence-electron chi connectivity index (χ4n) is 4.28. The predicted molar refractivity (Wildman–Crippen MR) is 141 cm³/mol. The van der Waals surface area contributed by atoms with Crippen molar-refractivity contribution in [3.05, 3.63) is 72.3 Å². The molecule has 0 spiro atoms. The molecule has 1 N–H and O–H groups in total. The molecule has 2 amide bonds. The van der Waals surface area contributed by atoms with Crippen molar-refractivity contribution in [1.29, 1.82) is 0 Å². The Balaban J connectivity index is 1.40. The number of nitrogens with zero attached hydrogens (tertiary/aromatic N) is 2. The Labute approximate surface area is 219 Å². The minimum atomic E-state index is -0.793. The molecule has 1 fully saturated rings. The van der Waals surface area contributed by atoms with Crippen LogP contribution in [-0.2, 0) is 16.1 Å². The molecule has 3 aromatic carbocycles. The van der Waals surface area contributed by atoms with Gasteiger partial charge in [-0.15, -0.1) is 0 Å². The van der Waals surface area contributed by atoms with E-state index in [1.807, 2.05) is 18.2 Å². The van der Waals surface area contributed by atoms with Crippen molar-refractivity contribution >= 4 is 40.5 Å². The Morgan fingerprint density at radius 2 is 1.62 bits per heavy atom. The first-order chi connectivity index (χ1) is 18.0. The first kappa shape index (κ1) is 24.4. The van der Waals surface area contributed by atoms with Crippen LogP contribution in [0, 0.1) is 0 Å². The lowest BCUT2D eigenvalue weighted by atomic mass is 10.1. The van der Waals surface area contributed by atoms with Crippen molar-refractivity contribution in [3.63, 3.8) is 0 Å². The van der Waals surface area contributed by atoms with Crippen LogP contribution >= 0.6 is 12.2 Å². The molecule has 9 nitrogen and oxygen atoms in total. The van der Waals surface area contributed by atoms with E-state index in [2.05, 4.69) is 5.32 Å². The lowest BCUT2D eigenvalue weighted by Crippen LogP contribution is -2.37. The molecule has 1 atom stereocenters. The lowest BCUT2D eigenvalue weighted by molar-refractivity contribution is -0.124. The fraction of sp³-hybridized carbons (Fsp3) is 0.222. The fourth-order valence-corrected chi connectivity index (χ4v) is 4.67. The number of nitrogens with one attached hydrogen (secondary N) is 1. The highest BCUT2D eigenvalue weighted by molar-refractivity contribution is 7.80. The summed E-state index contributed by atoms with van der Waals surface area (Å²) in [6, 6.07) is 18.8. The van der Waals surface area contributed by atoms with Gasteiger partial charge in [-0.3, -0.25) is 14.5 Å². The Hall–Kier alpha value is -4.31. The third-order valence-electron chi connectivity index (χ3n) is 6.19. The summed E-state index contributed by atoms with van der Waals surface area (Å²) in [5.74, 6) is 2.06. The van der Waals surface area contributed by atoms with E-state index < -0.39 is 6.04 Å². The summed E-state index contributed by atoms with van der Waals surface area (Å²) in [5, 5.41) is 3.17. The summed E-state index contributed by atoms with van der Waals surface area (Å²) in [7, 11) is 3.15. The molecule has 1 unspecified atom stereocenters. The third-order valence-corrected chi connectivity index (χ3v) is 6.61. The van der Waals surface area contributed by atoms with Crippen LogP contribution in [0.3, 0.4) is 0 Å². The first-order valence-corrected chi connectivity index (χ1v) is 12.0. The van der Waals surface area contributed by atoms with Crippen molar-refractivity contribution in [1.82, 2.24) is 4.90 Å². The van der Waals surface area contributed by atoms with Crippen LogP contribution in [0.4, 0.5) is 11.4 Å². The minimum absolute atomic E-state index is 0.0811. The van der Waals surface area contributed by atoms with Crippen LogP contribution in [0.2, 0.25) is 0 Å². The van der Waals surface area contributed by atoms with Crippen LogP contribution in [0.5, 0.6) is 23.0 Å². The van der Waals surface area contributed by atoms with Crippen molar-refractivity contribution in [3.8, 4) is 23.0 Å². The standard InChI is InChI=1S/C27H25N3O6S/c1-33-20-8-4-18(5-9-20)28-25(31)14-22-26(32)30(19-6-10-21(34-2)11-7-19)27(37)29(22)15-17-3-12-23-24(13-17)36-16-35-23/h3-13,22H,14-16H2,1-2H3,(H,28,31). The molecule has 37 heavy (non-hydrogen) atoms. The Bertz CT molecular complexity index is 1330. The summed E-state index contributed by atoms with van der Waals surface area (Å²) >= 11 is 5.77. The average Bonchev–Trinajstić information content (AvgIpc) is 3.47. The third kappa shape index (κ3) is 5.01. The number of hydrogen-bond acceptors (Lipinski definition) is 7. The minimum Gasteiger partial charge on any atom is -0.497 e. The molecular formula is C27H25N3O6S. The van der Waals surface area contributed by atoms with Crippen molar-refractivity contribution < 1.29 is 28.5 Å². The maximum absolute atomic E-state index is 13.7. The molecule has 0 saturated carbocycles. The Morgan fingerprint density at radius 1 is 0.973 bits per heavy atom. The number of fused-ring (bicyclic) bond motifs is 1. The average molecular weight is 520 g/mol. The highest BCUT2D eigenvalue weighted by atomic mass is 32.1. The van der Waals surface area contributed by atoms with E-state index in [-0.39, 0.29) is 25.0 Å². The number of ether oxygens (including phenoxy) is 4. The van der Waals surface area contributed by atoms with Gasteiger partial charge >= 0.3 is 0 Å². The van der Waals surface area contributed by atoms with Gasteiger partial charge in [0.25, 0.3) is 5.91 Å². The van der Waals surface area contributed by atoms with E-state index in [9.17, 15) is 9.59 Å². The van der Waals surface area contributed by atoms with Crippen LogP contribution in [0.25, 0.3) is 0 Å². The number of thiocarbonyl (C=S) groups is 1. The van der Waals surface area contributed by atoms with Crippen molar-refractivity contribution in [2.24, 2.45) is 0 Å². The smallest absolute Gasteiger partial charge is 0.256 e. The Kier molecular flexibility index (Phi) is 6.82. The molecule has 3 aromatic rings. The molecule has 5 rings (SSSR count). The monoisotopic (exact) mass is 519 g/mol. The van der Waals surface area contributed by atoms with Gasteiger partial charge in [0.1, 0.15) is 17.5 Å². The van der Waals surface area contributed by atoms with Gasteiger partial charge in [0, 0.05) is 12.2 Å². The van der Waals surface area contributed by atoms with E-state index in [1.54, 1.807) is 67.7 Å². The summed E-state index contributed by atoms with van der Waals surface area (Å²) in [4.78, 5) is 29.9. The number of anilines is 2. The van der Waals surface area contributed by atoms with Crippen molar-refractivity contribution in [2.75, 3.05) is 31.2 Å². The SMILES string of the molecule is COc1ccc(NC(=O)CC2C(=O)N(c3ccc(OC)cc3)C(=S)N2Cc2ccc3c(c2)OCO3)cc1. The second-order valence-electron chi connectivity index (χ2n) is 8.47. The van der Waals surface area contributed by atoms with Crippen LogP contribution < -0.4 is 29.2 Å². The van der Waals surface area contributed by atoms with E-state index in [1.165, 1.54) is 4.90 Å². The van der Waals surface area contributed by atoms with Crippen LogP contribution in [0.1, 0.15) is 12.0 Å². The topological polar surface area (TPSA) is 89.6 Å². The van der Waals surface area contributed by atoms with Gasteiger partial charge < -0.3 is 29.2 Å². The van der Waals surface area contributed by atoms with Gasteiger partial charge in [0.05, 0.1) is 26.3 Å². The van der Waals surface area contributed by atoms with Crippen LogP contribution in [0.15, 0.2) is 66.7 Å². The number of hydrogen-bond donors (Lipinski definition) is 1. The molecule has 0 bridgehead atoms. The number of carbonyl (C=O) groups excluding carboxylic acids is 2. The molecule has 0 radical (unpaired) electrons. The highest BCUT2D eigenvalue weighted by Crippen LogP contribution is 2.35. The van der Waals surface area contributed by atoms with E-state index in [0.29, 0.717) is 46.0 Å². The van der Waals surface area contributed by atoms with E-state index >= 15 is 0 Å². The highest BCUT2D eigenvalue weighted by Gasteiger charge is 2.44. The second-order valence-corrected chi connectivity index (χ2v) is 8.83. The van der Waals surface area contributed by atoms with E-state index in [4.69, 9.17) is 31.2 Å². The zero-order valence-corrected chi connectivity index (χ0v) is 21.1. The molecule has 10 heteroatoms. The van der Waals surface area contributed by atoms with Gasteiger partial charge in [-0.25, -0.2) is 0 Å². The number of carbonyl (C=O) groups is 2. The van der Waals surface area contributed by atoms with Crippen LogP contribution in [-0.4, -0.2) is 48.9 Å². The normalized spacial score (nSPS) is 16.2. The summed E-state index contributed by atoms with van der Waals surface area (Å²) < 4.78 is 21.3. The molecule has 2 heterocycles. The zero-order chi connectivity index (χ0) is 25.9. The molecular weight excluding hydrogens is 494 g/mol. The molecule has 0 aliphatic carbocycles. The lowest BCUT2D eigenvalue weighted by Gasteiger charge is -2.24. The quantitative estimate of drug-likeness (QED) is 0.448. The second kappa shape index (κ2) is 10.4. The zero-order valence-electron chi connectivity index (χ0n) is 20.3. The summed E-state index contributed by atoms with van der Waals surface area (Å²) in [5.41, 5.74) is 2.08. The maximum Gasteiger partial charge on any atom is 0.256 e. The number of rotatable bonds is 8. The van der Waals surface area contributed by atoms with Gasteiger partial charge in [-0.2, -0.15) is 0 Å². The van der Waals surface area contributed by atoms with Gasteiger partial charge in [-0.1, -0.05) is 6.07 Å². The Morgan fingerprint density at radius 3 is 2.30 bits per heavy atom. The predicted octanol–water partition coefficient (Wildman–Crippen LogP) is 3.96. The van der Waals surface area contributed by atoms with Gasteiger partial charge in [-0.05, 0) is 78.4 Å². The molecule has 2 aliphatic rings. The number of methoxy groups -OCH3 is 2. The van der Waals surface area contributed by atoms with Crippen molar-refractivity contribution in [2.45, 2.75) is 19.0 Å². The molecule has 1 saturated heterocycles. The number of amides is 2. The van der Waals surface area contributed by atoms with E-state index in [0.717, 1.165) is 5.56 Å². The summed E-state index contributed by atoms with van der Waals surface area (Å²) in [6.07, 6.45) is -0.0811. The van der Waals surface area contributed by atoms with Gasteiger partial charge in [0.2, 0.25) is 12.7 Å². The van der Waals surface area contributed by atoms with Gasteiger partial charge in [0.15, 0.2) is 16.6 Å². The largest absolute Gasteiger partial charge is 0.497 e. The molecule has 2 aliphatic heterocycles. The molecule has 0 aromatic heterocycles.